The highest BCUT2D eigenvalue weighted by Crippen LogP contribution is 2.57. The van der Waals surface area contributed by atoms with E-state index < -0.39 is 36.5 Å². The molecular formula is C43H31N2O10P. The quantitative estimate of drug-likeness (QED) is 0.107. The zero-order valence-corrected chi connectivity index (χ0v) is 30.7. The van der Waals surface area contributed by atoms with Crippen molar-refractivity contribution < 1.29 is 48.2 Å². The molecule has 0 fully saturated rings. The Morgan fingerprint density at radius 2 is 1.30 bits per heavy atom. The topological polar surface area (TPSA) is 169 Å². The van der Waals surface area contributed by atoms with Crippen LogP contribution < -0.4 is 31.1 Å². The molecule has 8 rings (SSSR count). The van der Waals surface area contributed by atoms with E-state index in [9.17, 15) is 29.4 Å². The Morgan fingerprint density at radius 3 is 1.86 bits per heavy atom. The highest BCUT2D eigenvalue weighted by molar-refractivity contribution is 7.85. The van der Waals surface area contributed by atoms with E-state index in [0.717, 1.165) is 5.01 Å². The van der Waals surface area contributed by atoms with Crippen LogP contribution in [0.1, 0.15) is 54.7 Å². The van der Waals surface area contributed by atoms with Crippen LogP contribution in [0.5, 0.6) is 23.0 Å². The number of aromatic hydroxyl groups is 2. The molecule has 0 saturated heterocycles. The molecule has 0 radical (unpaired) electrons. The van der Waals surface area contributed by atoms with Crippen LogP contribution in [0.15, 0.2) is 133 Å². The van der Waals surface area contributed by atoms with Crippen LogP contribution in [0.4, 0.5) is 5.69 Å². The summed E-state index contributed by atoms with van der Waals surface area (Å²) in [6, 6.07) is 34.6. The van der Waals surface area contributed by atoms with Gasteiger partial charge in [-0.15, -0.1) is 0 Å². The predicted molar refractivity (Wildman–Crippen MR) is 206 cm³/mol. The zero-order chi connectivity index (χ0) is 39.4. The van der Waals surface area contributed by atoms with Crippen LogP contribution in [-0.4, -0.2) is 41.1 Å². The van der Waals surface area contributed by atoms with Gasteiger partial charge in [0.05, 0.1) is 23.9 Å². The number of anilines is 1. The first-order valence-corrected chi connectivity index (χ1v) is 18.9. The smallest absolute Gasteiger partial charge is 0.340 e. The molecule has 2 aliphatic heterocycles. The number of ether oxygens (including phenoxy) is 3. The van der Waals surface area contributed by atoms with Crippen molar-refractivity contribution in [1.29, 1.82) is 0 Å². The van der Waals surface area contributed by atoms with Crippen molar-refractivity contribution in [3.05, 3.63) is 167 Å². The minimum atomic E-state index is -3.79. The number of hydrazine groups is 1. The molecular weight excluding hydrogens is 735 g/mol. The van der Waals surface area contributed by atoms with Gasteiger partial charge in [-0.05, 0) is 54.6 Å². The van der Waals surface area contributed by atoms with Crippen molar-refractivity contribution in [2.45, 2.75) is 12.5 Å². The van der Waals surface area contributed by atoms with Gasteiger partial charge in [-0.1, -0.05) is 66.7 Å². The maximum Gasteiger partial charge on any atom is 0.340 e. The minimum Gasteiger partial charge on any atom is -0.508 e. The number of methoxy groups -OCH3 is 1. The van der Waals surface area contributed by atoms with E-state index in [2.05, 4.69) is 5.43 Å². The molecule has 6 aromatic rings. The van der Waals surface area contributed by atoms with E-state index in [0.29, 0.717) is 27.3 Å². The monoisotopic (exact) mass is 766 g/mol. The summed E-state index contributed by atoms with van der Waals surface area (Å²) in [6.07, 6.45) is 0. The molecule has 0 atom stereocenters. The molecule has 0 saturated carbocycles. The van der Waals surface area contributed by atoms with Crippen molar-refractivity contribution >= 4 is 52.5 Å². The number of carbonyl (C=O) groups is 4. The number of fused-ring (bicyclic) bond motifs is 6. The first-order chi connectivity index (χ1) is 26.9. The average molecular weight is 767 g/mol. The van der Waals surface area contributed by atoms with Crippen molar-refractivity contribution in [3.8, 4) is 23.0 Å². The second kappa shape index (κ2) is 13.6. The second-order valence-electron chi connectivity index (χ2n) is 13.1. The van der Waals surface area contributed by atoms with Crippen LogP contribution in [0, 0.1) is 0 Å². The highest BCUT2D eigenvalue weighted by atomic mass is 31.2. The standard InChI is InChI=1S/C43H31N2O10P/c1-25(46)45(27-14-18-34-33(22-27)42(51)55-43(34)35-19-15-28(47)23-37(35)54-38-24-29(48)16-20-36(38)43)44-40(49)26-13-17-32(41(50)53-2)39(21-26)56(52,30-9-5-3-6-10-30)31-11-7-4-8-12-31/h3-24,47-48H,1-2H3,(H,44,49). The molecule has 13 heteroatoms. The number of nitrogens with zero attached hydrogens (tertiary/aromatic N) is 1. The average Bonchev–Trinajstić information content (AvgIpc) is 3.50. The molecule has 0 aliphatic carbocycles. The first kappa shape index (κ1) is 35.8. The Kier molecular flexibility index (Phi) is 8.70. The lowest BCUT2D eigenvalue weighted by atomic mass is 9.77. The highest BCUT2D eigenvalue weighted by Gasteiger charge is 2.54. The number of amides is 2. The maximum absolute atomic E-state index is 15.4. The predicted octanol–water partition coefficient (Wildman–Crippen LogP) is 5.79. The second-order valence-corrected chi connectivity index (χ2v) is 15.8. The Labute approximate surface area is 319 Å². The van der Waals surface area contributed by atoms with Crippen molar-refractivity contribution in [3.63, 3.8) is 0 Å². The number of esters is 2. The van der Waals surface area contributed by atoms with Gasteiger partial charge in [0.1, 0.15) is 23.0 Å². The van der Waals surface area contributed by atoms with Crippen LogP contribution >= 0.6 is 7.14 Å². The fraction of sp³-hybridized carbons (Fsp3) is 0.0698. The summed E-state index contributed by atoms with van der Waals surface area (Å²) in [4.78, 5) is 54.1. The number of phenolic OH excluding ortho intramolecular Hbond substituents is 2. The van der Waals surface area contributed by atoms with Crippen LogP contribution in [0.25, 0.3) is 0 Å². The zero-order valence-electron chi connectivity index (χ0n) is 29.8. The lowest BCUT2D eigenvalue weighted by Gasteiger charge is -2.36. The third-order valence-electron chi connectivity index (χ3n) is 9.79. The lowest BCUT2D eigenvalue weighted by molar-refractivity contribution is -0.117. The third kappa shape index (κ3) is 5.66. The molecule has 3 N–H and O–H groups in total. The molecule has 0 unspecified atom stereocenters. The molecule has 0 aromatic heterocycles. The molecule has 12 nitrogen and oxygen atoms in total. The normalized spacial score (nSPS) is 13.4. The minimum absolute atomic E-state index is 0.00346. The van der Waals surface area contributed by atoms with E-state index in [1.807, 2.05) is 0 Å². The molecule has 278 valence electrons. The van der Waals surface area contributed by atoms with E-state index in [4.69, 9.17) is 14.2 Å². The summed E-state index contributed by atoms with van der Waals surface area (Å²) in [5.41, 5.74) is 2.47. The molecule has 2 amide bonds. The van der Waals surface area contributed by atoms with Crippen molar-refractivity contribution in [2.75, 3.05) is 12.1 Å². The van der Waals surface area contributed by atoms with Gasteiger partial charge in [0, 0.05) is 57.2 Å². The Morgan fingerprint density at radius 1 is 0.732 bits per heavy atom. The number of hydrogen-bond acceptors (Lipinski definition) is 10. The van der Waals surface area contributed by atoms with Gasteiger partial charge in [-0.3, -0.25) is 15.0 Å². The Balaban J connectivity index is 1.20. The van der Waals surface area contributed by atoms with Crippen molar-refractivity contribution in [1.82, 2.24) is 5.43 Å². The summed E-state index contributed by atoms with van der Waals surface area (Å²) in [7, 11) is -2.59. The fourth-order valence-corrected chi connectivity index (χ4v) is 10.1. The Bertz CT molecular complexity index is 2570. The number of hydrogen-bond donors (Lipinski definition) is 3. The summed E-state index contributed by atoms with van der Waals surface area (Å²) in [5.74, 6) is -2.67. The van der Waals surface area contributed by atoms with Gasteiger partial charge in [0.15, 0.2) is 12.7 Å². The number of benzene rings is 6. The molecule has 2 aliphatic rings. The van der Waals surface area contributed by atoms with E-state index in [1.165, 1.54) is 68.6 Å². The largest absolute Gasteiger partial charge is 0.508 e. The molecule has 1 spiro atoms. The molecule has 0 bridgehead atoms. The van der Waals surface area contributed by atoms with E-state index in [1.54, 1.807) is 78.9 Å². The first-order valence-electron chi connectivity index (χ1n) is 17.2. The van der Waals surface area contributed by atoms with Gasteiger partial charge in [0.2, 0.25) is 5.91 Å². The number of phenols is 2. The number of rotatable bonds is 6. The van der Waals surface area contributed by atoms with Crippen LogP contribution in [-0.2, 0) is 24.4 Å². The van der Waals surface area contributed by atoms with Gasteiger partial charge in [-0.25, -0.2) is 14.6 Å². The SMILES string of the molecule is COC(=O)c1ccc(C(=O)NN(C(C)=O)c2ccc3c(c2)C(=O)OC32c3ccc(O)cc3Oc3cc(O)ccc32)cc1P(=O)(c1ccccc1)c1ccccc1. The van der Waals surface area contributed by atoms with Crippen LogP contribution in [0.2, 0.25) is 0 Å². The summed E-state index contributed by atoms with van der Waals surface area (Å²) < 4.78 is 32.6. The molecule has 56 heavy (non-hydrogen) atoms. The van der Waals surface area contributed by atoms with Gasteiger partial charge in [-0.2, -0.15) is 0 Å². The molecule has 2 heterocycles. The number of nitrogens with one attached hydrogen (secondary N) is 1. The lowest BCUT2D eigenvalue weighted by Crippen LogP contribution is -2.45. The summed E-state index contributed by atoms with van der Waals surface area (Å²) in [5, 5.41) is 22.3. The fourth-order valence-electron chi connectivity index (χ4n) is 7.24. The third-order valence-corrected chi connectivity index (χ3v) is 12.9. The van der Waals surface area contributed by atoms with Crippen molar-refractivity contribution in [2.24, 2.45) is 0 Å². The van der Waals surface area contributed by atoms with Gasteiger partial charge < -0.3 is 29.0 Å². The van der Waals surface area contributed by atoms with Gasteiger partial charge >= 0.3 is 11.9 Å². The van der Waals surface area contributed by atoms with E-state index >= 15 is 4.57 Å². The maximum atomic E-state index is 15.4. The van der Waals surface area contributed by atoms with E-state index in [-0.39, 0.29) is 50.7 Å². The number of carbonyl (C=O) groups excluding carboxylic acids is 4. The van der Waals surface area contributed by atoms with Crippen LogP contribution in [0.3, 0.4) is 0 Å². The summed E-state index contributed by atoms with van der Waals surface area (Å²) in [6.45, 7) is 1.22. The van der Waals surface area contributed by atoms with Gasteiger partial charge in [0.25, 0.3) is 5.91 Å². The molecule has 6 aromatic carbocycles. The Hall–Kier alpha value is -7.17. The summed E-state index contributed by atoms with van der Waals surface area (Å²) >= 11 is 0.